The van der Waals surface area contributed by atoms with Crippen molar-refractivity contribution < 1.29 is 14.6 Å². The predicted molar refractivity (Wildman–Crippen MR) is 75.2 cm³/mol. The summed E-state index contributed by atoms with van der Waals surface area (Å²) in [5.74, 6) is 0.668. The van der Waals surface area contributed by atoms with Crippen LogP contribution in [-0.2, 0) is 0 Å². The largest absolute Gasteiger partial charge is 0.492 e. The number of ether oxygens (including phenoxy) is 1. The number of rotatable bonds is 7. The summed E-state index contributed by atoms with van der Waals surface area (Å²) in [6.45, 7) is 5.06. The van der Waals surface area contributed by atoms with Crippen LogP contribution in [0.25, 0.3) is 0 Å². The summed E-state index contributed by atoms with van der Waals surface area (Å²) in [7, 11) is 0. The Labute approximate surface area is 113 Å². The second-order valence-corrected chi connectivity index (χ2v) is 4.51. The Balaban J connectivity index is 2.60. The zero-order valence-corrected chi connectivity index (χ0v) is 11.5. The summed E-state index contributed by atoms with van der Waals surface area (Å²) in [5, 5.41) is 11.6. The highest BCUT2D eigenvalue weighted by Crippen LogP contribution is 2.22. The first kappa shape index (κ1) is 15.3. The van der Waals surface area contributed by atoms with Gasteiger partial charge in [-0.15, -0.1) is 0 Å². The summed E-state index contributed by atoms with van der Waals surface area (Å²) in [6.07, 6.45) is 0.672. The first-order valence-electron chi connectivity index (χ1n) is 6.49. The number of nitrogen functional groups attached to an aromatic ring is 1. The maximum atomic E-state index is 11.9. The summed E-state index contributed by atoms with van der Waals surface area (Å²) in [4.78, 5) is 11.9. The van der Waals surface area contributed by atoms with Crippen molar-refractivity contribution in [2.45, 2.75) is 20.3 Å². The van der Waals surface area contributed by atoms with Gasteiger partial charge in [-0.05, 0) is 37.5 Å². The number of hydrogen-bond donors (Lipinski definition) is 3. The highest BCUT2D eigenvalue weighted by Gasteiger charge is 2.10. The molecule has 0 aliphatic carbocycles. The molecule has 0 radical (unpaired) electrons. The molecule has 0 spiro atoms. The number of aliphatic hydroxyl groups excluding tert-OH is 1. The third-order valence-electron chi connectivity index (χ3n) is 2.80. The minimum Gasteiger partial charge on any atom is -0.492 e. The Bertz CT molecular complexity index is 421. The van der Waals surface area contributed by atoms with Gasteiger partial charge in [0.05, 0.1) is 12.3 Å². The fraction of sp³-hybridized carbons (Fsp3) is 0.500. The van der Waals surface area contributed by atoms with Crippen molar-refractivity contribution >= 4 is 11.6 Å². The van der Waals surface area contributed by atoms with Crippen molar-refractivity contribution in [3.63, 3.8) is 0 Å². The predicted octanol–water partition coefficient (Wildman–Crippen LogP) is 1.42. The number of carbonyl (C=O) groups is 1. The van der Waals surface area contributed by atoms with Crippen LogP contribution >= 0.6 is 0 Å². The van der Waals surface area contributed by atoms with Crippen LogP contribution < -0.4 is 15.8 Å². The summed E-state index contributed by atoms with van der Waals surface area (Å²) >= 11 is 0. The molecule has 0 bridgehead atoms. The quantitative estimate of drug-likeness (QED) is 0.652. The van der Waals surface area contributed by atoms with Crippen molar-refractivity contribution in [1.29, 1.82) is 0 Å². The maximum Gasteiger partial charge on any atom is 0.251 e. The van der Waals surface area contributed by atoms with Gasteiger partial charge in [-0.1, -0.05) is 6.92 Å². The number of amides is 1. The number of nitrogens with one attached hydrogen (secondary N) is 1. The van der Waals surface area contributed by atoms with Crippen LogP contribution in [0.1, 0.15) is 30.6 Å². The van der Waals surface area contributed by atoms with E-state index < -0.39 is 0 Å². The Hall–Kier alpha value is -1.75. The topological polar surface area (TPSA) is 84.6 Å². The number of hydrogen-bond acceptors (Lipinski definition) is 4. The lowest BCUT2D eigenvalue weighted by Crippen LogP contribution is -2.28. The van der Waals surface area contributed by atoms with E-state index >= 15 is 0 Å². The fourth-order valence-corrected chi connectivity index (χ4v) is 1.67. The van der Waals surface area contributed by atoms with Gasteiger partial charge in [-0.2, -0.15) is 0 Å². The molecule has 19 heavy (non-hydrogen) atoms. The SMILES string of the molecule is CCOc1ccc(C(=O)NCC(C)CCO)cc1N. The molecule has 0 aliphatic rings. The molecule has 1 aromatic carbocycles. The highest BCUT2D eigenvalue weighted by atomic mass is 16.5. The molecule has 1 aromatic rings. The minimum atomic E-state index is -0.167. The molecule has 0 saturated carbocycles. The fourth-order valence-electron chi connectivity index (χ4n) is 1.67. The molecule has 0 fully saturated rings. The van der Waals surface area contributed by atoms with Crippen LogP contribution in [-0.4, -0.2) is 30.8 Å². The van der Waals surface area contributed by atoms with Crippen LogP contribution in [0.4, 0.5) is 5.69 Å². The van der Waals surface area contributed by atoms with Crippen LogP contribution in [0.3, 0.4) is 0 Å². The molecule has 106 valence electrons. The molecule has 1 atom stereocenters. The van der Waals surface area contributed by atoms with E-state index in [2.05, 4.69) is 5.32 Å². The molecule has 0 aromatic heterocycles. The van der Waals surface area contributed by atoms with E-state index in [1.807, 2.05) is 13.8 Å². The van der Waals surface area contributed by atoms with E-state index in [1.165, 1.54) is 0 Å². The first-order valence-corrected chi connectivity index (χ1v) is 6.49. The highest BCUT2D eigenvalue weighted by molar-refractivity contribution is 5.95. The lowest BCUT2D eigenvalue weighted by molar-refractivity contribution is 0.0945. The molecule has 5 heteroatoms. The number of aliphatic hydroxyl groups is 1. The molecule has 4 N–H and O–H groups in total. The van der Waals surface area contributed by atoms with E-state index in [0.29, 0.717) is 36.6 Å². The molecular weight excluding hydrogens is 244 g/mol. The average molecular weight is 266 g/mol. The summed E-state index contributed by atoms with van der Waals surface area (Å²) < 4.78 is 5.32. The van der Waals surface area contributed by atoms with Gasteiger partial charge in [0.1, 0.15) is 5.75 Å². The third-order valence-corrected chi connectivity index (χ3v) is 2.80. The van der Waals surface area contributed by atoms with E-state index in [0.717, 1.165) is 0 Å². The Morgan fingerprint density at radius 2 is 2.26 bits per heavy atom. The molecular formula is C14H22N2O3. The molecule has 5 nitrogen and oxygen atoms in total. The lowest BCUT2D eigenvalue weighted by atomic mass is 10.1. The third kappa shape index (κ3) is 4.79. The van der Waals surface area contributed by atoms with Crippen LogP contribution in [0, 0.1) is 5.92 Å². The van der Waals surface area contributed by atoms with Gasteiger partial charge < -0.3 is 20.9 Å². The van der Waals surface area contributed by atoms with E-state index in [4.69, 9.17) is 15.6 Å². The van der Waals surface area contributed by atoms with Crippen LogP contribution in [0.15, 0.2) is 18.2 Å². The molecule has 1 unspecified atom stereocenters. The van der Waals surface area contributed by atoms with Crippen LogP contribution in [0.2, 0.25) is 0 Å². The van der Waals surface area contributed by atoms with Crippen molar-refractivity contribution in [1.82, 2.24) is 5.32 Å². The zero-order valence-electron chi connectivity index (χ0n) is 11.5. The second kappa shape index (κ2) is 7.63. The van der Waals surface area contributed by atoms with Gasteiger partial charge in [-0.25, -0.2) is 0 Å². The Morgan fingerprint density at radius 1 is 1.53 bits per heavy atom. The summed E-state index contributed by atoms with van der Waals surface area (Å²) in [6, 6.07) is 5.00. The molecule has 0 heterocycles. The second-order valence-electron chi connectivity index (χ2n) is 4.51. The molecule has 0 aliphatic heterocycles. The number of benzene rings is 1. The first-order chi connectivity index (χ1) is 9.08. The van der Waals surface area contributed by atoms with E-state index in [1.54, 1.807) is 18.2 Å². The molecule has 1 amide bonds. The monoisotopic (exact) mass is 266 g/mol. The minimum absolute atomic E-state index is 0.132. The van der Waals surface area contributed by atoms with Gasteiger partial charge in [0, 0.05) is 18.7 Å². The van der Waals surface area contributed by atoms with Gasteiger partial charge >= 0.3 is 0 Å². The Kier molecular flexibility index (Phi) is 6.15. The van der Waals surface area contributed by atoms with Crippen molar-refractivity contribution in [3.05, 3.63) is 23.8 Å². The van der Waals surface area contributed by atoms with Gasteiger partial charge in [0.15, 0.2) is 0 Å². The van der Waals surface area contributed by atoms with Gasteiger partial charge in [-0.3, -0.25) is 4.79 Å². The number of nitrogens with two attached hydrogens (primary N) is 1. The van der Waals surface area contributed by atoms with Crippen molar-refractivity contribution in [2.24, 2.45) is 5.92 Å². The normalized spacial score (nSPS) is 11.9. The van der Waals surface area contributed by atoms with Crippen molar-refractivity contribution in [2.75, 3.05) is 25.5 Å². The zero-order chi connectivity index (χ0) is 14.3. The van der Waals surface area contributed by atoms with Gasteiger partial charge in [0.25, 0.3) is 5.91 Å². The summed E-state index contributed by atoms with van der Waals surface area (Å²) in [5.41, 5.74) is 6.78. The van der Waals surface area contributed by atoms with E-state index in [9.17, 15) is 4.79 Å². The number of anilines is 1. The van der Waals surface area contributed by atoms with Crippen molar-refractivity contribution in [3.8, 4) is 5.75 Å². The molecule has 1 rings (SSSR count). The van der Waals surface area contributed by atoms with Crippen LogP contribution in [0.5, 0.6) is 5.75 Å². The smallest absolute Gasteiger partial charge is 0.251 e. The molecule has 0 saturated heterocycles. The maximum absolute atomic E-state index is 11.9. The van der Waals surface area contributed by atoms with E-state index in [-0.39, 0.29) is 18.4 Å². The number of carbonyl (C=O) groups excluding carboxylic acids is 1. The van der Waals surface area contributed by atoms with Gasteiger partial charge in [0.2, 0.25) is 0 Å². The lowest BCUT2D eigenvalue weighted by Gasteiger charge is -2.12. The standard InChI is InChI=1S/C14H22N2O3/c1-3-19-13-5-4-11(8-12(13)15)14(18)16-9-10(2)6-7-17/h4-5,8,10,17H,3,6-7,9,15H2,1-2H3,(H,16,18). The Morgan fingerprint density at radius 3 is 2.84 bits per heavy atom. The average Bonchev–Trinajstić information content (AvgIpc) is 2.39.